The Balaban J connectivity index is 1.47. The van der Waals surface area contributed by atoms with Crippen molar-refractivity contribution < 1.29 is 9.72 Å². The summed E-state index contributed by atoms with van der Waals surface area (Å²) in [4.78, 5) is 27.6. The van der Waals surface area contributed by atoms with Crippen LogP contribution in [0.1, 0.15) is 10.4 Å². The zero-order valence-corrected chi connectivity index (χ0v) is 15.9. The number of nitrogens with zero attached hydrogens (tertiary/aromatic N) is 3. The van der Waals surface area contributed by atoms with Crippen LogP contribution < -0.4 is 4.90 Å². The third kappa shape index (κ3) is 3.96. The first kappa shape index (κ1) is 18.7. The van der Waals surface area contributed by atoms with Crippen LogP contribution in [-0.4, -0.2) is 41.9 Å². The molecule has 1 heterocycles. The van der Waals surface area contributed by atoms with Crippen LogP contribution in [0.5, 0.6) is 0 Å². The second-order valence-electron chi connectivity index (χ2n) is 6.96. The maximum atomic E-state index is 13.2. The van der Waals surface area contributed by atoms with E-state index in [2.05, 4.69) is 4.90 Å². The third-order valence-corrected chi connectivity index (χ3v) is 5.23. The van der Waals surface area contributed by atoms with E-state index in [1.165, 1.54) is 12.1 Å². The second kappa shape index (κ2) is 8.14. The highest BCUT2D eigenvalue weighted by molar-refractivity contribution is 6.01. The second-order valence-corrected chi connectivity index (χ2v) is 6.96. The van der Waals surface area contributed by atoms with Gasteiger partial charge in [-0.2, -0.15) is 0 Å². The molecule has 0 spiro atoms. The molecule has 4 rings (SSSR count). The van der Waals surface area contributed by atoms with Crippen molar-refractivity contribution in [3.63, 3.8) is 0 Å². The minimum atomic E-state index is -0.398. The number of carbonyl (C=O) groups is 1. The van der Waals surface area contributed by atoms with Gasteiger partial charge in [0.1, 0.15) is 0 Å². The minimum Gasteiger partial charge on any atom is -0.368 e. The van der Waals surface area contributed by atoms with E-state index in [4.69, 9.17) is 0 Å². The Kier molecular flexibility index (Phi) is 5.24. The topological polar surface area (TPSA) is 66.7 Å². The van der Waals surface area contributed by atoms with E-state index in [9.17, 15) is 14.9 Å². The van der Waals surface area contributed by atoms with Crippen LogP contribution in [0.4, 0.5) is 11.4 Å². The summed E-state index contributed by atoms with van der Waals surface area (Å²) in [6.07, 6.45) is 0. The molecule has 0 radical (unpaired) electrons. The van der Waals surface area contributed by atoms with E-state index < -0.39 is 4.92 Å². The van der Waals surface area contributed by atoms with Crippen molar-refractivity contribution in [2.45, 2.75) is 0 Å². The Hall–Kier alpha value is -3.67. The molecule has 1 fully saturated rings. The molecule has 0 bridgehead atoms. The molecule has 0 atom stereocenters. The number of amides is 1. The summed E-state index contributed by atoms with van der Waals surface area (Å²) in [6.45, 7) is 2.60. The average molecular weight is 387 g/mol. The van der Waals surface area contributed by atoms with Crippen molar-refractivity contribution in [3.8, 4) is 11.1 Å². The summed E-state index contributed by atoms with van der Waals surface area (Å²) >= 11 is 0. The van der Waals surface area contributed by atoms with E-state index in [-0.39, 0.29) is 11.6 Å². The number of non-ortho nitro benzene ring substituents is 1. The molecule has 1 aliphatic heterocycles. The molecular weight excluding hydrogens is 366 g/mol. The smallest absolute Gasteiger partial charge is 0.269 e. The van der Waals surface area contributed by atoms with Crippen molar-refractivity contribution in [1.82, 2.24) is 4.90 Å². The number of piperazine rings is 1. The van der Waals surface area contributed by atoms with E-state index in [1.54, 1.807) is 12.1 Å². The van der Waals surface area contributed by atoms with Gasteiger partial charge in [-0.1, -0.05) is 48.5 Å². The number of hydrogen-bond donors (Lipinski definition) is 0. The summed E-state index contributed by atoms with van der Waals surface area (Å²) in [7, 11) is 0. The highest BCUT2D eigenvalue weighted by Crippen LogP contribution is 2.26. The van der Waals surface area contributed by atoms with Gasteiger partial charge in [-0.05, 0) is 29.3 Å². The third-order valence-electron chi connectivity index (χ3n) is 5.23. The van der Waals surface area contributed by atoms with Crippen molar-refractivity contribution in [1.29, 1.82) is 0 Å². The van der Waals surface area contributed by atoms with Gasteiger partial charge in [-0.3, -0.25) is 14.9 Å². The first-order valence-corrected chi connectivity index (χ1v) is 9.56. The number of benzene rings is 3. The van der Waals surface area contributed by atoms with Gasteiger partial charge in [0.25, 0.3) is 11.6 Å². The van der Waals surface area contributed by atoms with Crippen LogP contribution in [0, 0.1) is 10.1 Å². The largest absolute Gasteiger partial charge is 0.368 e. The molecule has 0 unspecified atom stereocenters. The van der Waals surface area contributed by atoms with Crippen LogP contribution in [-0.2, 0) is 0 Å². The lowest BCUT2D eigenvalue weighted by Gasteiger charge is -2.36. The predicted molar refractivity (Wildman–Crippen MR) is 113 cm³/mol. The van der Waals surface area contributed by atoms with Crippen molar-refractivity contribution in [2.75, 3.05) is 31.1 Å². The lowest BCUT2D eigenvalue weighted by molar-refractivity contribution is -0.384. The first-order chi connectivity index (χ1) is 14.1. The number of carbonyl (C=O) groups excluding carboxylic acids is 1. The Morgan fingerprint density at radius 2 is 1.41 bits per heavy atom. The van der Waals surface area contributed by atoms with Gasteiger partial charge in [0, 0.05) is 49.6 Å². The van der Waals surface area contributed by atoms with Gasteiger partial charge >= 0.3 is 0 Å². The molecule has 3 aromatic rings. The SMILES string of the molecule is O=C(c1ccccc1-c1ccccc1)N1CCN(c2ccc([N+](=O)[O-])cc2)CC1. The van der Waals surface area contributed by atoms with Gasteiger partial charge in [0.2, 0.25) is 0 Å². The molecule has 146 valence electrons. The molecular formula is C23H21N3O3. The monoisotopic (exact) mass is 387 g/mol. The molecule has 1 saturated heterocycles. The molecule has 0 aromatic heterocycles. The molecule has 6 nitrogen and oxygen atoms in total. The van der Waals surface area contributed by atoms with Crippen molar-refractivity contribution in [3.05, 3.63) is 94.5 Å². The predicted octanol–water partition coefficient (Wildman–Crippen LogP) is 4.22. The van der Waals surface area contributed by atoms with Crippen LogP contribution in [0.2, 0.25) is 0 Å². The summed E-state index contributed by atoms with van der Waals surface area (Å²) in [6, 6.07) is 24.2. The summed E-state index contributed by atoms with van der Waals surface area (Å²) < 4.78 is 0. The fourth-order valence-corrected chi connectivity index (χ4v) is 3.66. The average Bonchev–Trinajstić information content (AvgIpc) is 2.79. The zero-order valence-electron chi connectivity index (χ0n) is 15.9. The number of anilines is 1. The van der Waals surface area contributed by atoms with Gasteiger partial charge in [0.15, 0.2) is 0 Å². The lowest BCUT2D eigenvalue weighted by Crippen LogP contribution is -2.48. The lowest BCUT2D eigenvalue weighted by atomic mass is 9.98. The maximum absolute atomic E-state index is 13.2. The fourth-order valence-electron chi connectivity index (χ4n) is 3.66. The van der Waals surface area contributed by atoms with E-state index in [1.807, 2.05) is 59.5 Å². The van der Waals surface area contributed by atoms with Crippen molar-refractivity contribution in [2.24, 2.45) is 0 Å². The summed E-state index contributed by atoms with van der Waals surface area (Å²) in [5, 5.41) is 10.8. The Morgan fingerprint density at radius 1 is 0.793 bits per heavy atom. The molecule has 0 saturated carbocycles. The number of rotatable bonds is 4. The molecule has 1 amide bonds. The molecule has 0 aliphatic carbocycles. The van der Waals surface area contributed by atoms with E-state index >= 15 is 0 Å². The van der Waals surface area contributed by atoms with E-state index in [0.717, 1.165) is 16.8 Å². The molecule has 6 heteroatoms. The highest BCUT2D eigenvalue weighted by Gasteiger charge is 2.24. The van der Waals surface area contributed by atoms with Gasteiger partial charge < -0.3 is 9.80 Å². The summed E-state index contributed by atoms with van der Waals surface area (Å²) in [5.41, 5.74) is 3.70. The number of hydrogen-bond acceptors (Lipinski definition) is 4. The normalized spacial score (nSPS) is 13.9. The van der Waals surface area contributed by atoms with Gasteiger partial charge in [-0.25, -0.2) is 0 Å². The van der Waals surface area contributed by atoms with Gasteiger partial charge in [0.05, 0.1) is 4.92 Å². The van der Waals surface area contributed by atoms with E-state index in [0.29, 0.717) is 31.7 Å². The minimum absolute atomic E-state index is 0.0350. The molecule has 3 aromatic carbocycles. The Labute approximate surface area is 169 Å². The van der Waals surface area contributed by atoms with Crippen LogP contribution in [0.15, 0.2) is 78.9 Å². The summed E-state index contributed by atoms with van der Waals surface area (Å²) in [5.74, 6) is 0.0350. The molecule has 1 aliphatic rings. The Morgan fingerprint density at radius 3 is 2.07 bits per heavy atom. The Bertz CT molecular complexity index is 1010. The highest BCUT2D eigenvalue weighted by atomic mass is 16.6. The first-order valence-electron chi connectivity index (χ1n) is 9.56. The standard InChI is InChI=1S/C23H21N3O3/c27-23(22-9-5-4-8-21(22)18-6-2-1-3-7-18)25-16-14-24(15-17-25)19-10-12-20(13-11-19)26(28)29/h1-13H,14-17H2. The van der Waals surface area contributed by atoms with Crippen LogP contribution in [0.3, 0.4) is 0 Å². The number of nitro groups is 1. The van der Waals surface area contributed by atoms with Crippen LogP contribution in [0.25, 0.3) is 11.1 Å². The maximum Gasteiger partial charge on any atom is 0.269 e. The quantitative estimate of drug-likeness (QED) is 0.496. The van der Waals surface area contributed by atoms with Gasteiger partial charge in [-0.15, -0.1) is 0 Å². The molecule has 29 heavy (non-hydrogen) atoms. The van der Waals surface area contributed by atoms with Crippen molar-refractivity contribution >= 4 is 17.3 Å². The number of nitro benzene ring substituents is 1. The zero-order chi connectivity index (χ0) is 20.2. The fraction of sp³-hybridized carbons (Fsp3) is 0.174. The van der Waals surface area contributed by atoms with Crippen LogP contribution >= 0.6 is 0 Å². The molecule has 0 N–H and O–H groups in total.